The van der Waals surface area contributed by atoms with Gasteiger partial charge in [0, 0.05) is 12.0 Å². The summed E-state index contributed by atoms with van der Waals surface area (Å²) in [6, 6.07) is 0. The third kappa shape index (κ3) is 3.35. The number of ether oxygens (including phenoxy) is 1. The van der Waals surface area contributed by atoms with Crippen LogP contribution in [0.3, 0.4) is 0 Å². The number of amides is 1. The van der Waals surface area contributed by atoms with Gasteiger partial charge in [-0.25, -0.2) is 4.98 Å². The van der Waals surface area contributed by atoms with Gasteiger partial charge in [-0.1, -0.05) is 0 Å². The zero-order chi connectivity index (χ0) is 17.3. The van der Waals surface area contributed by atoms with Crippen molar-refractivity contribution < 1.29 is 14.4 Å². The normalized spacial score (nSPS) is 16.0. The van der Waals surface area contributed by atoms with Gasteiger partial charge in [0.05, 0.1) is 31.6 Å². The van der Waals surface area contributed by atoms with Crippen LogP contribution in [0.25, 0.3) is 10.2 Å². The number of methoxy groups -OCH3 is 1. The number of fused-ring (bicyclic) bond motifs is 1. The lowest BCUT2D eigenvalue weighted by molar-refractivity contribution is -0.918. The molecule has 0 aliphatic carbocycles. The van der Waals surface area contributed by atoms with Gasteiger partial charge in [0.25, 0.3) is 5.56 Å². The minimum Gasteiger partial charge on any atom is -0.375 e. The van der Waals surface area contributed by atoms with Crippen LogP contribution in [0.4, 0.5) is 0 Å². The molecule has 0 aromatic carbocycles. The van der Waals surface area contributed by atoms with Crippen molar-refractivity contribution in [3.8, 4) is 0 Å². The van der Waals surface area contributed by atoms with Crippen molar-refractivity contribution in [1.82, 2.24) is 14.9 Å². The summed E-state index contributed by atoms with van der Waals surface area (Å²) < 4.78 is 4.90. The van der Waals surface area contributed by atoms with E-state index in [4.69, 9.17) is 4.74 Å². The fourth-order valence-corrected chi connectivity index (χ4v) is 4.13. The molecular weight excluding hydrogens is 328 g/mol. The Morgan fingerprint density at radius 1 is 1.38 bits per heavy atom. The number of H-pyrrole nitrogens is 1. The van der Waals surface area contributed by atoms with E-state index < -0.39 is 0 Å². The molecule has 2 aromatic rings. The molecule has 0 atom stereocenters. The molecule has 2 aromatic heterocycles. The van der Waals surface area contributed by atoms with Gasteiger partial charge < -0.3 is 19.5 Å². The molecule has 0 radical (unpaired) electrons. The van der Waals surface area contributed by atoms with Crippen LogP contribution in [0, 0.1) is 13.8 Å². The van der Waals surface area contributed by atoms with Crippen molar-refractivity contribution in [2.75, 3.05) is 39.9 Å². The molecule has 0 unspecified atom stereocenters. The average molecular weight is 351 g/mol. The molecule has 24 heavy (non-hydrogen) atoms. The van der Waals surface area contributed by atoms with Crippen LogP contribution in [0.15, 0.2) is 4.79 Å². The molecule has 1 fully saturated rings. The summed E-state index contributed by atoms with van der Waals surface area (Å²) in [6.07, 6.45) is 0. The Hall–Kier alpha value is -1.77. The second-order valence-corrected chi connectivity index (χ2v) is 7.42. The van der Waals surface area contributed by atoms with Gasteiger partial charge in [0.2, 0.25) is 5.91 Å². The van der Waals surface area contributed by atoms with Crippen LogP contribution in [0.5, 0.6) is 0 Å². The monoisotopic (exact) mass is 351 g/mol. The van der Waals surface area contributed by atoms with Crippen LogP contribution in [-0.4, -0.2) is 60.7 Å². The molecule has 1 saturated heterocycles. The van der Waals surface area contributed by atoms with Crippen molar-refractivity contribution >= 4 is 27.5 Å². The van der Waals surface area contributed by atoms with Crippen molar-refractivity contribution in [1.29, 1.82) is 0 Å². The lowest BCUT2D eigenvalue weighted by atomic mass is 10.2. The van der Waals surface area contributed by atoms with Gasteiger partial charge in [-0.2, -0.15) is 0 Å². The Labute approximate surface area is 144 Å². The van der Waals surface area contributed by atoms with Crippen LogP contribution >= 0.6 is 11.3 Å². The Bertz CT molecular complexity index is 805. The quantitative estimate of drug-likeness (QED) is 0.777. The Morgan fingerprint density at radius 2 is 2.08 bits per heavy atom. The predicted octanol–water partition coefficient (Wildman–Crippen LogP) is -0.525. The lowest BCUT2D eigenvalue weighted by Crippen LogP contribution is -3.13. The first-order valence-electron chi connectivity index (χ1n) is 8.08. The summed E-state index contributed by atoms with van der Waals surface area (Å²) in [5.74, 6) is 0.759. The molecule has 3 rings (SSSR count). The molecule has 8 heteroatoms. The summed E-state index contributed by atoms with van der Waals surface area (Å²) in [4.78, 5) is 36.8. The number of aromatic nitrogens is 2. The summed E-state index contributed by atoms with van der Waals surface area (Å²) in [6.45, 7) is 7.90. The largest absolute Gasteiger partial charge is 0.375 e. The van der Waals surface area contributed by atoms with Crippen molar-refractivity contribution in [3.05, 3.63) is 26.6 Å². The summed E-state index contributed by atoms with van der Waals surface area (Å²) in [7, 11) is 1.53. The first kappa shape index (κ1) is 17.1. The Morgan fingerprint density at radius 3 is 2.75 bits per heavy atom. The highest BCUT2D eigenvalue weighted by atomic mass is 32.1. The van der Waals surface area contributed by atoms with Crippen molar-refractivity contribution in [2.45, 2.75) is 20.4 Å². The molecule has 3 heterocycles. The zero-order valence-electron chi connectivity index (χ0n) is 14.3. The zero-order valence-corrected chi connectivity index (χ0v) is 15.1. The number of hydrogen-bond donors (Lipinski definition) is 2. The maximum Gasteiger partial charge on any atom is 0.260 e. The molecule has 7 nitrogen and oxygen atoms in total. The molecule has 0 spiro atoms. The number of nitrogens with one attached hydrogen (secondary N) is 2. The third-order valence-corrected chi connectivity index (χ3v) is 5.70. The molecule has 2 N–H and O–H groups in total. The minimum absolute atomic E-state index is 0.0361. The number of aryl methyl sites for hydroxylation is 2. The van der Waals surface area contributed by atoms with E-state index in [1.54, 1.807) is 11.3 Å². The van der Waals surface area contributed by atoms with E-state index in [2.05, 4.69) is 9.97 Å². The van der Waals surface area contributed by atoms with Crippen LogP contribution in [0.2, 0.25) is 0 Å². The number of piperazine rings is 1. The van der Waals surface area contributed by atoms with Gasteiger partial charge in [0.1, 0.15) is 18.0 Å². The first-order valence-corrected chi connectivity index (χ1v) is 8.90. The van der Waals surface area contributed by atoms with Crippen LogP contribution < -0.4 is 10.5 Å². The van der Waals surface area contributed by atoms with E-state index in [9.17, 15) is 9.59 Å². The van der Waals surface area contributed by atoms with Gasteiger partial charge in [-0.05, 0) is 19.4 Å². The van der Waals surface area contributed by atoms with Gasteiger partial charge in [-0.3, -0.25) is 9.59 Å². The smallest absolute Gasteiger partial charge is 0.260 e. The van der Waals surface area contributed by atoms with Gasteiger partial charge in [-0.15, -0.1) is 11.3 Å². The molecule has 1 aliphatic heterocycles. The molecule has 130 valence electrons. The predicted molar refractivity (Wildman–Crippen MR) is 92.6 cm³/mol. The van der Waals surface area contributed by atoms with Crippen molar-refractivity contribution in [3.63, 3.8) is 0 Å². The van der Waals surface area contributed by atoms with E-state index in [-0.39, 0.29) is 18.1 Å². The highest BCUT2D eigenvalue weighted by molar-refractivity contribution is 7.18. The van der Waals surface area contributed by atoms with Crippen LogP contribution in [-0.2, 0) is 16.1 Å². The molecule has 1 aliphatic rings. The topological polar surface area (TPSA) is 79.7 Å². The highest BCUT2D eigenvalue weighted by Crippen LogP contribution is 2.25. The molecular formula is C16H23N4O3S+. The second kappa shape index (κ2) is 7.00. The fraction of sp³-hybridized carbons (Fsp3) is 0.562. The maximum atomic E-state index is 12.3. The minimum atomic E-state index is -0.0508. The summed E-state index contributed by atoms with van der Waals surface area (Å²) >= 11 is 1.57. The molecule has 0 bridgehead atoms. The SMILES string of the molecule is COCC(=O)N1CC[NH+](Cc2nc3sc(C)c(C)c3c(=O)[nH]2)CC1. The second-order valence-electron chi connectivity index (χ2n) is 6.22. The number of quaternary nitrogens is 1. The van der Waals surface area contributed by atoms with Gasteiger partial charge >= 0.3 is 0 Å². The summed E-state index contributed by atoms with van der Waals surface area (Å²) in [5.41, 5.74) is 0.970. The molecule has 0 saturated carbocycles. The van der Waals surface area contributed by atoms with Crippen LogP contribution in [0.1, 0.15) is 16.3 Å². The first-order chi connectivity index (χ1) is 11.5. The van der Waals surface area contributed by atoms with E-state index >= 15 is 0 Å². The number of rotatable bonds is 4. The number of carbonyl (C=O) groups excluding carboxylic acids is 1. The average Bonchev–Trinajstić information content (AvgIpc) is 2.83. The number of thiophene rings is 1. The highest BCUT2D eigenvalue weighted by Gasteiger charge is 2.24. The lowest BCUT2D eigenvalue weighted by Gasteiger charge is -2.31. The van der Waals surface area contributed by atoms with E-state index in [1.165, 1.54) is 12.0 Å². The number of nitrogens with zero attached hydrogens (tertiary/aromatic N) is 2. The van der Waals surface area contributed by atoms with Crippen molar-refractivity contribution in [2.24, 2.45) is 0 Å². The van der Waals surface area contributed by atoms with Gasteiger partial charge in [0.15, 0.2) is 5.82 Å². The number of hydrogen-bond acceptors (Lipinski definition) is 5. The number of aromatic amines is 1. The third-order valence-electron chi connectivity index (χ3n) is 4.60. The Kier molecular flexibility index (Phi) is 4.98. The maximum absolute atomic E-state index is 12.3. The van der Waals surface area contributed by atoms with E-state index in [0.717, 1.165) is 34.2 Å². The fourth-order valence-electron chi connectivity index (χ4n) is 3.08. The molecule has 1 amide bonds. The standard InChI is InChI=1S/C16H22N4O3S/c1-10-11(2)24-16-14(10)15(22)17-12(18-16)8-19-4-6-20(7-5-19)13(21)9-23-3/h4-9H2,1-3H3,(H,17,18,22)/p+1. The van der Waals surface area contributed by atoms with E-state index in [0.29, 0.717) is 25.0 Å². The van der Waals surface area contributed by atoms with E-state index in [1.807, 2.05) is 18.7 Å². The Balaban J connectivity index is 1.68. The number of carbonyl (C=O) groups is 1. The summed E-state index contributed by atoms with van der Waals surface area (Å²) in [5, 5.41) is 0.714.